The molecule has 1 fully saturated rings. The first kappa shape index (κ1) is 15.8. The Labute approximate surface area is 129 Å². The summed E-state index contributed by atoms with van der Waals surface area (Å²) in [4.78, 5) is 17.3. The molecule has 1 atom stereocenters. The van der Waals surface area contributed by atoms with Crippen LogP contribution in [0.25, 0.3) is 0 Å². The number of likely N-dealkylation sites (N-methyl/N-ethyl adjacent to an activating group) is 1. The molecule has 0 aliphatic carbocycles. The van der Waals surface area contributed by atoms with Crippen LogP contribution in [0, 0.1) is 17.2 Å². The molecule has 6 heteroatoms. The van der Waals surface area contributed by atoms with E-state index in [1.54, 1.807) is 0 Å². The Balaban J connectivity index is 2.43. The van der Waals surface area contributed by atoms with E-state index in [2.05, 4.69) is 29.8 Å². The SMILES string of the molecule is CC(C)C(=O)c1sc(N2CCN(C)CC2C)c(C#N)c1N. The van der Waals surface area contributed by atoms with Gasteiger partial charge in [-0.15, -0.1) is 11.3 Å². The van der Waals surface area contributed by atoms with Gasteiger partial charge < -0.3 is 15.5 Å². The summed E-state index contributed by atoms with van der Waals surface area (Å²) in [6.45, 7) is 8.58. The first-order chi connectivity index (χ1) is 9.86. The summed E-state index contributed by atoms with van der Waals surface area (Å²) in [7, 11) is 2.09. The summed E-state index contributed by atoms with van der Waals surface area (Å²) in [6.07, 6.45) is 0. The zero-order chi connectivity index (χ0) is 15.7. The highest BCUT2D eigenvalue weighted by Crippen LogP contribution is 2.40. The fourth-order valence-corrected chi connectivity index (χ4v) is 4.02. The number of nitriles is 1. The number of carbonyl (C=O) groups is 1. The van der Waals surface area contributed by atoms with Crippen molar-refractivity contribution in [3.05, 3.63) is 10.4 Å². The normalized spacial score (nSPS) is 19.8. The van der Waals surface area contributed by atoms with Gasteiger partial charge in [0.25, 0.3) is 0 Å². The standard InChI is InChI=1S/C15H22N4OS/c1-9(2)13(20)14-12(17)11(7-16)15(21-14)19-6-5-18(4)8-10(19)3/h9-10H,5-6,8,17H2,1-4H3. The van der Waals surface area contributed by atoms with Crippen LogP contribution in [-0.4, -0.2) is 43.4 Å². The molecule has 21 heavy (non-hydrogen) atoms. The Kier molecular flexibility index (Phi) is 4.55. The average molecular weight is 306 g/mol. The van der Waals surface area contributed by atoms with Gasteiger partial charge in [0.05, 0.1) is 10.6 Å². The van der Waals surface area contributed by atoms with Gasteiger partial charge in [-0.05, 0) is 14.0 Å². The van der Waals surface area contributed by atoms with Crippen molar-refractivity contribution in [3.8, 4) is 6.07 Å². The van der Waals surface area contributed by atoms with E-state index in [0.717, 1.165) is 24.6 Å². The second-order valence-corrected chi connectivity index (χ2v) is 6.96. The van der Waals surface area contributed by atoms with Crippen LogP contribution in [0.4, 0.5) is 10.7 Å². The van der Waals surface area contributed by atoms with Crippen LogP contribution < -0.4 is 10.6 Å². The number of hydrogen-bond donors (Lipinski definition) is 1. The number of anilines is 2. The lowest BCUT2D eigenvalue weighted by Gasteiger charge is -2.39. The first-order valence-electron chi connectivity index (χ1n) is 7.18. The lowest BCUT2D eigenvalue weighted by Crippen LogP contribution is -2.50. The summed E-state index contributed by atoms with van der Waals surface area (Å²) in [6, 6.07) is 2.49. The Morgan fingerprint density at radius 1 is 1.48 bits per heavy atom. The summed E-state index contributed by atoms with van der Waals surface area (Å²) in [5.41, 5.74) is 6.87. The van der Waals surface area contributed by atoms with Crippen LogP contribution >= 0.6 is 11.3 Å². The van der Waals surface area contributed by atoms with Gasteiger partial charge in [0, 0.05) is 31.6 Å². The van der Waals surface area contributed by atoms with Crippen molar-refractivity contribution in [1.82, 2.24) is 4.90 Å². The van der Waals surface area contributed by atoms with Crippen molar-refractivity contribution < 1.29 is 4.79 Å². The lowest BCUT2D eigenvalue weighted by atomic mass is 10.1. The van der Waals surface area contributed by atoms with Gasteiger partial charge in [-0.2, -0.15) is 5.26 Å². The number of Topliss-reactive ketones (excluding diaryl/α,β-unsaturated/α-hetero) is 1. The molecule has 1 aromatic heterocycles. The zero-order valence-corrected chi connectivity index (χ0v) is 13.8. The number of nitrogens with zero attached hydrogens (tertiary/aromatic N) is 3. The molecule has 1 aliphatic heterocycles. The van der Waals surface area contributed by atoms with E-state index in [-0.39, 0.29) is 11.7 Å². The van der Waals surface area contributed by atoms with E-state index in [4.69, 9.17) is 5.73 Å². The predicted octanol–water partition coefficient (Wildman–Crippen LogP) is 2.18. The van der Waals surface area contributed by atoms with Crippen molar-refractivity contribution in [2.24, 2.45) is 5.92 Å². The number of ketones is 1. The van der Waals surface area contributed by atoms with Crippen LogP contribution in [0.15, 0.2) is 0 Å². The molecule has 0 amide bonds. The molecule has 0 radical (unpaired) electrons. The molecule has 0 bridgehead atoms. The molecule has 0 saturated carbocycles. The van der Waals surface area contributed by atoms with E-state index in [1.165, 1.54) is 11.3 Å². The van der Waals surface area contributed by atoms with E-state index >= 15 is 0 Å². The largest absolute Gasteiger partial charge is 0.396 e. The monoisotopic (exact) mass is 306 g/mol. The molecule has 5 nitrogen and oxygen atoms in total. The third-order valence-corrected chi connectivity index (χ3v) is 5.14. The molecule has 114 valence electrons. The number of nitrogen functional groups attached to an aromatic ring is 1. The third kappa shape index (κ3) is 2.89. The minimum absolute atomic E-state index is 0.0158. The number of piperazine rings is 1. The van der Waals surface area contributed by atoms with E-state index in [1.807, 2.05) is 13.8 Å². The number of hydrogen-bond acceptors (Lipinski definition) is 6. The Hall–Kier alpha value is -1.58. The van der Waals surface area contributed by atoms with Crippen molar-refractivity contribution in [1.29, 1.82) is 5.26 Å². The molecule has 2 N–H and O–H groups in total. The molecular formula is C15H22N4OS. The molecule has 1 aliphatic rings. The predicted molar refractivity (Wildman–Crippen MR) is 86.9 cm³/mol. The van der Waals surface area contributed by atoms with Gasteiger partial charge in [-0.25, -0.2) is 0 Å². The van der Waals surface area contributed by atoms with Gasteiger partial charge in [-0.3, -0.25) is 4.79 Å². The molecule has 2 heterocycles. The fourth-order valence-electron chi connectivity index (χ4n) is 2.63. The smallest absolute Gasteiger partial charge is 0.177 e. The maximum absolute atomic E-state index is 12.3. The van der Waals surface area contributed by atoms with Gasteiger partial charge in [0.15, 0.2) is 5.78 Å². The Morgan fingerprint density at radius 2 is 2.14 bits per heavy atom. The molecule has 2 rings (SSSR count). The van der Waals surface area contributed by atoms with Gasteiger partial charge in [0.1, 0.15) is 16.6 Å². The summed E-state index contributed by atoms with van der Waals surface area (Å²) < 4.78 is 0. The molecule has 0 spiro atoms. The van der Waals surface area contributed by atoms with Crippen molar-refractivity contribution in [2.45, 2.75) is 26.8 Å². The zero-order valence-electron chi connectivity index (χ0n) is 13.0. The highest BCUT2D eigenvalue weighted by atomic mass is 32.1. The summed E-state index contributed by atoms with van der Waals surface area (Å²) in [5.74, 6) is -0.0997. The first-order valence-corrected chi connectivity index (χ1v) is 8.00. The minimum atomic E-state index is -0.116. The molecule has 1 saturated heterocycles. The third-order valence-electron chi connectivity index (χ3n) is 3.88. The quantitative estimate of drug-likeness (QED) is 0.867. The van der Waals surface area contributed by atoms with Gasteiger partial charge in [-0.1, -0.05) is 13.8 Å². The summed E-state index contributed by atoms with van der Waals surface area (Å²) in [5, 5.41) is 10.3. The average Bonchev–Trinajstić information content (AvgIpc) is 2.74. The molecule has 1 unspecified atom stereocenters. The van der Waals surface area contributed by atoms with E-state index in [0.29, 0.717) is 22.2 Å². The van der Waals surface area contributed by atoms with Crippen molar-refractivity contribution >= 4 is 27.8 Å². The van der Waals surface area contributed by atoms with Crippen LogP contribution in [0.2, 0.25) is 0 Å². The Morgan fingerprint density at radius 3 is 2.67 bits per heavy atom. The number of rotatable bonds is 3. The molecule has 1 aromatic rings. The van der Waals surface area contributed by atoms with Gasteiger partial charge >= 0.3 is 0 Å². The van der Waals surface area contributed by atoms with Crippen molar-refractivity contribution in [2.75, 3.05) is 37.3 Å². The number of thiophene rings is 1. The lowest BCUT2D eigenvalue weighted by molar-refractivity contribution is 0.0944. The number of nitrogens with two attached hydrogens (primary N) is 1. The topological polar surface area (TPSA) is 73.4 Å². The number of carbonyl (C=O) groups excluding carboxylic acids is 1. The highest BCUT2D eigenvalue weighted by molar-refractivity contribution is 7.19. The van der Waals surface area contributed by atoms with Crippen molar-refractivity contribution in [3.63, 3.8) is 0 Å². The Bertz CT molecular complexity index is 587. The maximum Gasteiger partial charge on any atom is 0.177 e. The second kappa shape index (κ2) is 6.04. The molecule has 0 aromatic carbocycles. The van der Waals surface area contributed by atoms with Crippen LogP contribution in [0.5, 0.6) is 0 Å². The minimum Gasteiger partial charge on any atom is -0.396 e. The van der Waals surface area contributed by atoms with Crippen LogP contribution in [0.3, 0.4) is 0 Å². The van der Waals surface area contributed by atoms with E-state index in [9.17, 15) is 10.1 Å². The van der Waals surface area contributed by atoms with Crippen LogP contribution in [-0.2, 0) is 0 Å². The molecular weight excluding hydrogens is 284 g/mol. The van der Waals surface area contributed by atoms with E-state index < -0.39 is 0 Å². The fraction of sp³-hybridized carbons (Fsp3) is 0.600. The van der Waals surface area contributed by atoms with Crippen LogP contribution in [0.1, 0.15) is 36.0 Å². The summed E-state index contributed by atoms with van der Waals surface area (Å²) >= 11 is 1.37. The highest BCUT2D eigenvalue weighted by Gasteiger charge is 2.29. The second-order valence-electron chi connectivity index (χ2n) is 5.96. The van der Waals surface area contributed by atoms with Gasteiger partial charge in [0.2, 0.25) is 0 Å². The maximum atomic E-state index is 12.3.